The van der Waals surface area contributed by atoms with Crippen LogP contribution in [-0.2, 0) is 4.79 Å². The summed E-state index contributed by atoms with van der Waals surface area (Å²) >= 11 is 0. The highest BCUT2D eigenvalue weighted by molar-refractivity contribution is 5.79. The van der Waals surface area contributed by atoms with Crippen molar-refractivity contribution in [2.24, 2.45) is 34.8 Å². The Balaban J connectivity index is 1.92. The third-order valence-electron chi connectivity index (χ3n) is 5.63. The van der Waals surface area contributed by atoms with E-state index in [0.29, 0.717) is 5.92 Å². The van der Waals surface area contributed by atoms with Gasteiger partial charge < -0.3 is 11.1 Å². The smallest absolute Gasteiger partial charge is 0.223 e. The molecule has 5 unspecified atom stereocenters. The number of nitrogens with one attached hydrogen (secondary N) is 1. The van der Waals surface area contributed by atoms with Gasteiger partial charge in [-0.05, 0) is 42.4 Å². The zero-order valence-corrected chi connectivity index (χ0v) is 12.2. The molecule has 3 nitrogen and oxygen atoms in total. The molecule has 18 heavy (non-hydrogen) atoms. The molecule has 0 aromatic heterocycles. The van der Waals surface area contributed by atoms with E-state index in [1.807, 2.05) is 0 Å². The Hall–Kier alpha value is -0.570. The first kappa shape index (κ1) is 13.9. The summed E-state index contributed by atoms with van der Waals surface area (Å²) in [4.78, 5) is 12.4. The number of carbonyl (C=O) groups is 1. The molecule has 0 aromatic rings. The number of hydrogen-bond donors (Lipinski definition) is 2. The highest BCUT2D eigenvalue weighted by Gasteiger charge is 2.45. The number of hydrogen-bond acceptors (Lipinski definition) is 2. The number of nitrogens with two attached hydrogens (primary N) is 1. The van der Waals surface area contributed by atoms with E-state index in [2.05, 4.69) is 33.0 Å². The van der Waals surface area contributed by atoms with Gasteiger partial charge in [-0.2, -0.15) is 0 Å². The van der Waals surface area contributed by atoms with Crippen LogP contribution < -0.4 is 11.1 Å². The molecule has 2 saturated carbocycles. The summed E-state index contributed by atoms with van der Waals surface area (Å²) in [6.45, 7) is 9.70. The first-order valence-electron chi connectivity index (χ1n) is 7.37. The predicted molar refractivity (Wildman–Crippen MR) is 73.9 cm³/mol. The van der Waals surface area contributed by atoms with Gasteiger partial charge in [0, 0.05) is 18.5 Å². The van der Waals surface area contributed by atoms with Crippen molar-refractivity contribution in [3.8, 4) is 0 Å². The zero-order valence-electron chi connectivity index (χ0n) is 12.2. The van der Waals surface area contributed by atoms with Crippen molar-refractivity contribution in [2.75, 3.05) is 6.54 Å². The van der Waals surface area contributed by atoms with Crippen molar-refractivity contribution in [3.05, 3.63) is 0 Å². The minimum absolute atomic E-state index is 0.0108. The first-order chi connectivity index (χ1) is 8.34. The molecule has 3 heteroatoms. The van der Waals surface area contributed by atoms with Gasteiger partial charge in [0.05, 0.1) is 0 Å². The standard InChI is InChI=1S/C15H28N2O/c1-9-7-11(9)8-17-14(18)12-5-6-13(16)10(2)15(12,3)4/h9-13H,5-8,16H2,1-4H3,(H,17,18). The van der Waals surface area contributed by atoms with Crippen LogP contribution in [-0.4, -0.2) is 18.5 Å². The van der Waals surface area contributed by atoms with Gasteiger partial charge in [0.1, 0.15) is 0 Å². The Morgan fingerprint density at radius 2 is 1.94 bits per heavy atom. The number of carbonyl (C=O) groups excluding carboxylic acids is 1. The van der Waals surface area contributed by atoms with Crippen molar-refractivity contribution in [2.45, 2.75) is 53.0 Å². The van der Waals surface area contributed by atoms with Gasteiger partial charge in [0.15, 0.2) is 0 Å². The minimum atomic E-state index is 0.0108. The molecule has 0 saturated heterocycles. The fraction of sp³-hybridized carbons (Fsp3) is 0.933. The van der Waals surface area contributed by atoms with E-state index in [1.165, 1.54) is 6.42 Å². The highest BCUT2D eigenvalue weighted by Crippen LogP contribution is 2.44. The second-order valence-electron chi connectivity index (χ2n) is 7.12. The lowest BCUT2D eigenvalue weighted by Crippen LogP contribution is -2.51. The molecular formula is C15H28N2O. The summed E-state index contributed by atoms with van der Waals surface area (Å²) in [7, 11) is 0. The molecule has 0 heterocycles. The molecule has 3 N–H and O–H groups in total. The third kappa shape index (κ3) is 2.56. The summed E-state index contributed by atoms with van der Waals surface area (Å²) in [6, 6.07) is 0.243. The van der Waals surface area contributed by atoms with Crippen molar-refractivity contribution < 1.29 is 4.79 Å². The second kappa shape index (κ2) is 4.84. The highest BCUT2D eigenvalue weighted by atomic mass is 16.1. The maximum Gasteiger partial charge on any atom is 0.223 e. The molecule has 2 aliphatic carbocycles. The Kier molecular flexibility index (Phi) is 3.72. The molecular weight excluding hydrogens is 224 g/mol. The lowest BCUT2D eigenvalue weighted by atomic mass is 9.61. The van der Waals surface area contributed by atoms with Gasteiger partial charge in [-0.3, -0.25) is 4.79 Å². The van der Waals surface area contributed by atoms with Gasteiger partial charge in [-0.1, -0.05) is 27.7 Å². The van der Waals surface area contributed by atoms with E-state index in [4.69, 9.17) is 5.73 Å². The van der Waals surface area contributed by atoms with Gasteiger partial charge in [-0.25, -0.2) is 0 Å². The summed E-state index contributed by atoms with van der Waals surface area (Å²) in [5, 5.41) is 3.16. The van der Waals surface area contributed by atoms with Crippen LogP contribution >= 0.6 is 0 Å². The quantitative estimate of drug-likeness (QED) is 0.808. The van der Waals surface area contributed by atoms with Crippen LogP contribution in [0.2, 0.25) is 0 Å². The summed E-state index contributed by atoms with van der Waals surface area (Å²) < 4.78 is 0. The molecule has 104 valence electrons. The summed E-state index contributed by atoms with van der Waals surface area (Å²) in [6.07, 6.45) is 3.18. The van der Waals surface area contributed by atoms with Gasteiger partial charge in [0.25, 0.3) is 0 Å². The van der Waals surface area contributed by atoms with Crippen LogP contribution in [0.1, 0.15) is 47.0 Å². The lowest BCUT2D eigenvalue weighted by Gasteiger charge is -2.46. The predicted octanol–water partition coefficient (Wildman–Crippen LogP) is 2.16. The molecule has 1 amide bonds. The molecule has 0 aromatic carbocycles. The molecule has 0 spiro atoms. The molecule has 0 aliphatic heterocycles. The van der Waals surface area contributed by atoms with Crippen LogP contribution in [0.5, 0.6) is 0 Å². The monoisotopic (exact) mass is 252 g/mol. The molecule has 2 fully saturated rings. The Morgan fingerprint density at radius 1 is 1.33 bits per heavy atom. The summed E-state index contributed by atoms with van der Waals surface area (Å²) in [5.74, 6) is 2.30. The fourth-order valence-electron chi connectivity index (χ4n) is 3.36. The molecule has 5 atom stereocenters. The van der Waals surface area contributed by atoms with E-state index in [9.17, 15) is 4.79 Å². The largest absolute Gasteiger partial charge is 0.356 e. The van der Waals surface area contributed by atoms with Gasteiger partial charge >= 0.3 is 0 Å². The maximum absolute atomic E-state index is 12.4. The van der Waals surface area contributed by atoms with Gasteiger partial charge in [-0.15, -0.1) is 0 Å². The second-order valence-corrected chi connectivity index (χ2v) is 7.12. The minimum Gasteiger partial charge on any atom is -0.356 e. The SMILES string of the molecule is CC1CC1CNC(=O)C1CCC(N)C(C)C1(C)C. The average Bonchev–Trinajstić information content (AvgIpc) is 2.99. The molecule has 0 bridgehead atoms. The molecule has 2 aliphatic rings. The van der Waals surface area contributed by atoms with Crippen LogP contribution in [0.25, 0.3) is 0 Å². The van der Waals surface area contributed by atoms with E-state index in [1.54, 1.807) is 0 Å². The van der Waals surface area contributed by atoms with Crippen molar-refractivity contribution >= 4 is 5.91 Å². The Labute approximate surface area is 111 Å². The van der Waals surface area contributed by atoms with Crippen LogP contribution in [0.3, 0.4) is 0 Å². The van der Waals surface area contributed by atoms with Gasteiger partial charge in [0.2, 0.25) is 5.91 Å². The Morgan fingerprint density at radius 3 is 2.50 bits per heavy atom. The topological polar surface area (TPSA) is 55.1 Å². The lowest BCUT2D eigenvalue weighted by molar-refractivity contribution is -0.132. The van der Waals surface area contributed by atoms with E-state index >= 15 is 0 Å². The van der Waals surface area contributed by atoms with Crippen molar-refractivity contribution in [1.82, 2.24) is 5.32 Å². The maximum atomic E-state index is 12.4. The van der Waals surface area contributed by atoms with Crippen molar-refractivity contribution in [1.29, 1.82) is 0 Å². The first-order valence-corrected chi connectivity index (χ1v) is 7.37. The third-order valence-corrected chi connectivity index (χ3v) is 5.63. The van der Waals surface area contributed by atoms with E-state index in [-0.39, 0.29) is 23.3 Å². The van der Waals surface area contributed by atoms with Crippen LogP contribution in [0.15, 0.2) is 0 Å². The van der Waals surface area contributed by atoms with Crippen molar-refractivity contribution in [3.63, 3.8) is 0 Å². The van der Waals surface area contributed by atoms with E-state index in [0.717, 1.165) is 31.2 Å². The Bertz CT molecular complexity index is 326. The molecule has 0 radical (unpaired) electrons. The van der Waals surface area contributed by atoms with Crippen LogP contribution in [0, 0.1) is 29.1 Å². The average molecular weight is 252 g/mol. The normalized spacial score (nSPS) is 42.4. The zero-order chi connectivity index (χ0) is 13.5. The number of amides is 1. The molecule has 2 rings (SSSR count). The van der Waals surface area contributed by atoms with E-state index < -0.39 is 0 Å². The van der Waals surface area contributed by atoms with Crippen LogP contribution in [0.4, 0.5) is 0 Å². The fourth-order valence-corrected chi connectivity index (χ4v) is 3.36. The number of rotatable bonds is 3. The summed E-state index contributed by atoms with van der Waals surface area (Å²) in [5.41, 5.74) is 6.15.